The molecule has 0 aliphatic heterocycles. The fraction of sp³-hybridized carbons (Fsp3) is 0. The monoisotopic (exact) mass is 355 g/mol. The van der Waals surface area contributed by atoms with Gasteiger partial charge < -0.3 is 0 Å². The Morgan fingerprint density at radius 3 is 2.60 bits per heavy atom. The molecule has 1 N–H and O–H groups in total. The number of nitrogens with zero attached hydrogens (tertiary/aromatic N) is 2. The van der Waals surface area contributed by atoms with E-state index in [0.717, 1.165) is 12.3 Å². The molecule has 2 aromatic rings. The van der Waals surface area contributed by atoms with Crippen molar-refractivity contribution >= 4 is 31.6 Å². The fourth-order valence-electron chi connectivity index (χ4n) is 1.38. The summed E-state index contributed by atoms with van der Waals surface area (Å²) in [6.07, 6.45) is 1.04. The van der Waals surface area contributed by atoms with Gasteiger partial charge in [-0.15, -0.1) is 0 Å². The SMILES string of the molecule is N#Cc1ccc(S(=O)(=O)Nc2ccc(Br)cc2F)cn1. The van der Waals surface area contributed by atoms with Crippen LogP contribution in [0, 0.1) is 17.1 Å². The normalized spacial score (nSPS) is 10.8. The number of sulfonamides is 1. The lowest BCUT2D eigenvalue weighted by molar-refractivity contribution is 0.598. The Balaban J connectivity index is 2.33. The van der Waals surface area contributed by atoms with Crippen molar-refractivity contribution in [3.05, 3.63) is 52.5 Å². The number of pyridine rings is 1. The van der Waals surface area contributed by atoms with E-state index in [0.29, 0.717) is 4.47 Å². The van der Waals surface area contributed by atoms with E-state index >= 15 is 0 Å². The molecule has 0 atom stereocenters. The van der Waals surface area contributed by atoms with Crippen LogP contribution in [0.1, 0.15) is 5.69 Å². The summed E-state index contributed by atoms with van der Waals surface area (Å²) in [7, 11) is -3.95. The van der Waals surface area contributed by atoms with Gasteiger partial charge in [-0.3, -0.25) is 4.72 Å². The van der Waals surface area contributed by atoms with Crippen LogP contribution in [0.15, 0.2) is 45.9 Å². The molecular weight excluding hydrogens is 349 g/mol. The molecule has 1 aromatic heterocycles. The molecule has 0 spiro atoms. The lowest BCUT2D eigenvalue weighted by Gasteiger charge is -2.08. The van der Waals surface area contributed by atoms with Crippen molar-refractivity contribution in [1.82, 2.24) is 4.98 Å². The molecule has 8 heteroatoms. The lowest BCUT2D eigenvalue weighted by atomic mass is 10.3. The number of benzene rings is 1. The lowest BCUT2D eigenvalue weighted by Crippen LogP contribution is -2.14. The van der Waals surface area contributed by atoms with Crippen LogP contribution in [-0.4, -0.2) is 13.4 Å². The Labute approximate surface area is 123 Å². The zero-order chi connectivity index (χ0) is 14.8. The van der Waals surface area contributed by atoms with Crippen molar-refractivity contribution < 1.29 is 12.8 Å². The number of nitriles is 1. The Morgan fingerprint density at radius 2 is 2.05 bits per heavy atom. The van der Waals surface area contributed by atoms with Crippen molar-refractivity contribution in [3.63, 3.8) is 0 Å². The number of rotatable bonds is 3. The third kappa shape index (κ3) is 3.12. The first-order valence-corrected chi connectivity index (χ1v) is 7.54. The van der Waals surface area contributed by atoms with Crippen LogP contribution in [0.25, 0.3) is 0 Å². The highest BCUT2D eigenvalue weighted by molar-refractivity contribution is 9.10. The first-order valence-electron chi connectivity index (χ1n) is 5.26. The second-order valence-corrected chi connectivity index (χ2v) is 6.32. The molecule has 1 heterocycles. The number of hydrogen-bond acceptors (Lipinski definition) is 4. The zero-order valence-corrected chi connectivity index (χ0v) is 12.2. The van der Waals surface area contributed by atoms with Gasteiger partial charge in [0.2, 0.25) is 0 Å². The average molecular weight is 356 g/mol. The second-order valence-electron chi connectivity index (χ2n) is 3.72. The molecule has 20 heavy (non-hydrogen) atoms. The van der Waals surface area contributed by atoms with Gasteiger partial charge in [-0.05, 0) is 30.3 Å². The van der Waals surface area contributed by atoms with Crippen molar-refractivity contribution in [3.8, 4) is 6.07 Å². The summed E-state index contributed by atoms with van der Waals surface area (Å²) in [6, 6.07) is 8.24. The number of nitrogens with one attached hydrogen (secondary N) is 1. The minimum absolute atomic E-state index is 0.0961. The molecule has 1 aromatic carbocycles. The molecule has 0 aliphatic rings. The first-order chi connectivity index (χ1) is 9.42. The molecule has 0 unspecified atom stereocenters. The van der Waals surface area contributed by atoms with Gasteiger partial charge in [-0.2, -0.15) is 5.26 Å². The standard InChI is InChI=1S/C12H7BrFN3O2S/c13-8-1-4-12(11(14)5-8)17-20(18,19)10-3-2-9(6-15)16-7-10/h1-5,7,17H. The largest absolute Gasteiger partial charge is 0.277 e. The van der Waals surface area contributed by atoms with E-state index in [-0.39, 0.29) is 16.3 Å². The Hall–Kier alpha value is -1.98. The summed E-state index contributed by atoms with van der Waals surface area (Å²) < 4.78 is 40.3. The number of hydrogen-bond donors (Lipinski definition) is 1. The third-order valence-electron chi connectivity index (χ3n) is 2.34. The molecule has 0 radical (unpaired) electrons. The summed E-state index contributed by atoms with van der Waals surface area (Å²) in [5.74, 6) is -0.704. The Morgan fingerprint density at radius 1 is 1.30 bits per heavy atom. The van der Waals surface area contributed by atoms with E-state index in [1.54, 1.807) is 6.07 Å². The quantitative estimate of drug-likeness (QED) is 0.917. The van der Waals surface area contributed by atoms with Crippen LogP contribution >= 0.6 is 15.9 Å². The van der Waals surface area contributed by atoms with Crippen LogP contribution in [0.3, 0.4) is 0 Å². The number of halogens is 2. The van der Waals surface area contributed by atoms with Crippen LogP contribution in [0.5, 0.6) is 0 Å². The molecule has 0 bridgehead atoms. The van der Waals surface area contributed by atoms with E-state index in [1.807, 2.05) is 0 Å². The van der Waals surface area contributed by atoms with Gasteiger partial charge in [0.15, 0.2) is 0 Å². The predicted molar refractivity (Wildman–Crippen MR) is 73.9 cm³/mol. The van der Waals surface area contributed by atoms with Gasteiger partial charge in [-0.1, -0.05) is 15.9 Å². The maximum absolute atomic E-state index is 13.6. The van der Waals surface area contributed by atoms with Crippen molar-refractivity contribution in [2.24, 2.45) is 0 Å². The van der Waals surface area contributed by atoms with Gasteiger partial charge in [0.1, 0.15) is 22.5 Å². The highest BCUT2D eigenvalue weighted by Crippen LogP contribution is 2.22. The second kappa shape index (κ2) is 5.56. The number of aromatic nitrogens is 1. The summed E-state index contributed by atoms with van der Waals surface area (Å²) in [4.78, 5) is 3.51. The van der Waals surface area contributed by atoms with E-state index in [9.17, 15) is 12.8 Å². The van der Waals surface area contributed by atoms with Crippen LogP contribution in [0.2, 0.25) is 0 Å². The third-order valence-corrected chi connectivity index (χ3v) is 4.18. The molecule has 0 saturated heterocycles. The summed E-state index contributed by atoms with van der Waals surface area (Å²) in [6.45, 7) is 0. The maximum Gasteiger partial charge on any atom is 0.263 e. The zero-order valence-electron chi connectivity index (χ0n) is 9.84. The molecule has 5 nitrogen and oxygen atoms in total. The summed E-state index contributed by atoms with van der Waals surface area (Å²) in [5.41, 5.74) is -0.0728. The minimum Gasteiger partial charge on any atom is -0.277 e. The van der Waals surface area contributed by atoms with E-state index in [2.05, 4.69) is 25.6 Å². The molecule has 2 rings (SSSR count). The molecule has 0 aliphatic carbocycles. The van der Waals surface area contributed by atoms with Gasteiger partial charge in [0.05, 0.1) is 5.69 Å². The fourth-order valence-corrected chi connectivity index (χ4v) is 2.73. The molecule has 102 valence electrons. The van der Waals surface area contributed by atoms with Crippen LogP contribution in [-0.2, 0) is 10.0 Å². The Kier molecular flexibility index (Phi) is 4.01. The number of anilines is 1. The van der Waals surface area contributed by atoms with Crippen molar-refractivity contribution in [1.29, 1.82) is 5.26 Å². The average Bonchev–Trinajstić information content (AvgIpc) is 2.42. The van der Waals surface area contributed by atoms with Gasteiger partial charge in [-0.25, -0.2) is 17.8 Å². The van der Waals surface area contributed by atoms with E-state index in [4.69, 9.17) is 5.26 Å². The highest BCUT2D eigenvalue weighted by Gasteiger charge is 2.16. The minimum atomic E-state index is -3.95. The molecule has 0 saturated carbocycles. The van der Waals surface area contributed by atoms with E-state index < -0.39 is 15.8 Å². The van der Waals surface area contributed by atoms with Crippen molar-refractivity contribution in [2.45, 2.75) is 4.90 Å². The van der Waals surface area contributed by atoms with Crippen molar-refractivity contribution in [2.75, 3.05) is 4.72 Å². The van der Waals surface area contributed by atoms with Gasteiger partial charge in [0, 0.05) is 10.7 Å². The summed E-state index contributed by atoms with van der Waals surface area (Å²) >= 11 is 3.08. The molecule has 0 fully saturated rings. The van der Waals surface area contributed by atoms with Gasteiger partial charge in [0.25, 0.3) is 10.0 Å². The van der Waals surface area contributed by atoms with Crippen LogP contribution in [0.4, 0.5) is 10.1 Å². The topological polar surface area (TPSA) is 82.8 Å². The predicted octanol–water partition coefficient (Wildman–Crippen LogP) is 2.66. The smallest absolute Gasteiger partial charge is 0.263 e. The summed E-state index contributed by atoms with van der Waals surface area (Å²) in [5, 5.41) is 8.60. The molecule has 0 amide bonds. The molecular formula is C12H7BrFN3O2S. The first kappa shape index (κ1) is 14.4. The van der Waals surface area contributed by atoms with E-state index in [1.165, 1.54) is 24.3 Å². The Bertz CT molecular complexity index is 785. The van der Waals surface area contributed by atoms with Crippen LogP contribution < -0.4 is 4.72 Å². The van der Waals surface area contributed by atoms with Gasteiger partial charge >= 0.3 is 0 Å². The highest BCUT2D eigenvalue weighted by atomic mass is 79.9. The maximum atomic E-state index is 13.6.